The van der Waals surface area contributed by atoms with E-state index in [-0.39, 0.29) is 11.9 Å². The van der Waals surface area contributed by atoms with E-state index in [9.17, 15) is 4.39 Å². The highest BCUT2D eigenvalue weighted by molar-refractivity contribution is 5.70. The Balaban J connectivity index is 2.26. The van der Waals surface area contributed by atoms with E-state index < -0.39 is 5.82 Å². The van der Waals surface area contributed by atoms with E-state index >= 15 is 0 Å². The number of nitrogens with two attached hydrogens (primary N) is 1. The van der Waals surface area contributed by atoms with E-state index in [4.69, 9.17) is 15.2 Å². The summed E-state index contributed by atoms with van der Waals surface area (Å²) in [5.74, 6) is 0.305. The van der Waals surface area contributed by atoms with Crippen LogP contribution < -0.4 is 15.4 Å². The van der Waals surface area contributed by atoms with Crippen molar-refractivity contribution in [2.75, 3.05) is 37.9 Å². The molecule has 1 fully saturated rings. The number of anilines is 2. The molecule has 0 spiro atoms. The molecule has 1 saturated heterocycles. The summed E-state index contributed by atoms with van der Waals surface area (Å²) in [5, 5.41) is 0. The second-order valence-corrected chi connectivity index (χ2v) is 5.03. The van der Waals surface area contributed by atoms with Gasteiger partial charge in [-0.3, -0.25) is 0 Å². The number of benzene rings is 1. The first-order chi connectivity index (χ1) is 9.06. The fraction of sp³-hybridized carbons (Fsp3) is 0.571. The van der Waals surface area contributed by atoms with E-state index in [0.29, 0.717) is 11.6 Å². The Kier molecular flexibility index (Phi) is 4.14. The van der Waals surface area contributed by atoms with Crippen LogP contribution in [0.5, 0.6) is 5.75 Å². The van der Waals surface area contributed by atoms with Gasteiger partial charge in [0.2, 0.25) is 0 Å². The van der Waals surface area contributed by atoms with Crippen LogP contribution in [0.4, 0.5) is 15.8 Å². The van der Waals surface area contributed by atoms with Crippen LogP contribution in [0.2, 0.25) is 0 Å². The van der Waals surface area contributed by atoms with Gasteiger partial charge >= 0.3 is 0 Å². The zero-order valence-corrected chi connectivity index (χ0v) is 11.6. The largest absolute Gasteiger partial charge is 0.494 e. The van der Waals surface area contributed by atoms with E-state index in [1.807, 2.05) is 0 Å². The summed E-state index contributed by atoms with van der Waals surface area (Å²) in [5.41, 5.74) is 7.16. The first-order valence-corrected chi connectivity index (χ1v) is 6.47. The molecule has 2 atom stereocenters. The Labute approximate surface area is 113 Å². The SMILES string of the molecule is COc1cc(N2CCC(C)C(OC)C2)c(N)cc1F. The number of nitrogen functional groups attached to an aromatic ring is 1. The fourth-order valence-corrected chi connectivity index (χ4v) is 2.55. The third kappa shape index (κ3) is 2.76. The lowest BCUT2D eigenvalue weighted by atomic mass is 9.95. The Hall–Kier alpha value is -1.49. The Morgan fingerprint density at radius 1 is 1.37 bits per heavy atom. The highest BCUT2D eigenvalue weighted by Crippen LogP contribution is 2.33. The van der Waals surface area contributed by atoms with Crippen LogP contribution in [0.15, 0.2) is 12.1 Å². The maximum atomic E-state index is 13.6. The summed E-state index contributed by atoms with van der Waals surface area (Å²) in [6, 6.07) is 2.97. The molecule has 0 bridgehead atoms. The molecule has 4 nitrogen and oxygen atoms in total. The predicted octanol–water partition coefficient (Wildman–Crippen LogP) is 2.28. The molecule has 1 aromatic rings. The molecule has 0 aliphatic carbocycles. The van der Waals surface area contributed by atoms with E-state index in [1.165, 1.54) is 13.2 Å². The Morgan fingerprint density at radius 3 is 2.74 bits per heavy atom. The molecule has 1 heterocycles. The molecule has 1 aliphatic rings. The first-order valence-electron chi connectivity index (χ1n) is 6.47. The van der Waals surface area contributed by atoms with Gasteiger partial charge in [0, 0.05) is 32.3 Å². The first kappa shape index (κ1) is 13.9. The molecule has 2 N–H and O–H groups in total. The van der Waals surface area contributed by atoms with Gasteiger partial charge in [0.15, 0.2) is 11.6 Å². The zero-order valence-electron chi connectivity index (χ0n) is 11.6. The highest BCUT2D eigenvalue weighted by Gasteiger charge is 2.27. The fourth-order valence-electron chi connectivity index (χ4n) is 2.55. The topological polar surface area (TPSA) is 47.7 Å². The van der Waals surface area contributed by atoms with Crippen molar-refractivity contribution >= 4 is 11.4 Å². The number of rotatable bonds is 3. The lowest BCUT2D eigenvalue weighted by Crippen LogP contribution is -2.44. The van der Waals surface area contributed by atoms with Gasteiger partial charge in [0.05, 0.1) is 24.6 Å². The molecule has 5 heteroatoms. The summed E-state index contributed by atoms with van der Waals surface area (Å²) in [4.78, 5) is 2.13. The molecule has 0 amide bonds. The molecule has 19 heavy (non-hydrogen) atoms. The van der Waals surface area contributed by atoms with Crippen LogP contribution in [0.1, 0.15) is 13.3 Å². The van der Waals surface area contributed by atoms with Crippen LogP contribution in [0, 0.1) is 11.7 Å². The van der Waals surface area contributed by atoms with Crippen LogP contribution in [-0.2, 0) is 4.74 Å². The summed E-state index contributed by atoms with van der Waals surface area (Å²) in [6.07, 6.45) is 1.20. The average molecular weight is 268 g/mol. The van der Waals surface area contributed by atoms with E-state index in [2.05, 4.69) is 11.8 Å². The summed E-state index contributed by atoms with van der Waals surface area (Å²) < 4.78 is 24.1. The van der Waals surface area contributed by atoms with Crippen molar-refractivity contribution in [3.63, 3.8) is 0 Å². The molecule has 0 radical (unpaired) electrons. The van der Waals surface area contributed by atoms with Crippen LogP contribution >= 0.6 is 0 Å². The van der Waals surface area contributed by atoms with Crippen molar-refractivity contribution in [3.8, 4) is 5.75 Å². The van der Waals surface area contributed by atoms with Crippen LogP contribution in [0.25, 0.3) is 0 Å². The van der Waals surface area contributed by atoms with Crippen molar-refractivity contribution in [2.24, 2.45) is 5.92 Å². The monoisotopic (exact) mass is 268 g/mol. The van der Waals surface area contributed by atoms with Gasteiger partial charge < -0.3 is 20.1 Å². The number of piperidine rings is 1. The summed E-state index contributed by atoms with van der Waals surface area (Å²) in [7, 11) is 3.17. The maximum Gasteiger partial charge on any atom is 0.167 e. The van der Waals surface area contributed by atoms with Gasteiger partial charge in [0.1, 0.15) is 0 Å². The molecule has 106 valence electrons. The molecular weight excluding hydrogens is 247 g/mol. The van der Waals surface area contributed by atoms with Crippen molar-refractivity contribution in [3.05, 3.63) is 17.9 Å². The molecular formula is C14H21FN2O2. The van der Waals surface area contributed by atoms with Gasteiger partial charge in [0.25, 0.3) is 0 Å². The minimum absolute atomic E-state index is 0.171. The van der Waals surface area contributed by atoms with Gasteiger partial charge in [-0.2, -0.15) is 0 Å². The standard InChI is InChI=1S/C14H21FN2O2/c1-9-4-5-17(8-14(9)19-3)12-7-13(18-2)10(15)6-11(12)16/h6-7,9,14H,4-5,8,16H2,1-3H3. The minimum atomic E-state index is -0.433. The Bertz CT molecular complexity index is 453. The number of hydrogen-bond acceptors (Lipinski definition) is 4. The van der Waals surface area contributed by atoms with Crippen molar-refractivity contribution in [1.82, 2.24) is 0 Å². The Morgan fingerprint density at radius 2 is 2.11 bits per heavy atom. The molecule has 0 aromatic heterocycles. The molecule has 0 saturated carbocycles. The highest BCUT2D eigenvalue weighted by atomic mass is 19.1. The number of ether oxygens (including phenoxy) is 2. The third-order valence-electron chi connectivity index (χ3n) is 3.83. The molecule has 2 rings (SSSR count). The van der Waals surface area contributed by atoms with E-state index in [1.54, 1.807) is 13.2 Å². The minimum Gasteiger partial charge on any atom is -0.494 e. The smallest absolute Gasteiger partial charge is 0.167 e. The zero-order chi connectivity index (χ0) is 14.0. The van der Waals surface area contributed by atoms with Crippen molar-refractivity contribution in [2.45, 2.75) is 19.4 Å². The summed E-state index contributed by atoms with van der Waals surface area (Å²) in [6.45, 7) is 3.83. The molecule has 1 aliphatic heterocycles. The second-order valence-electron chi connectivity index (χ2n) is 5.03. The summed E-state index contributed by atoms with van der Waals surface area (Å²) >= 11 is 0. The lowest BCUT2D eigenvalue weighted by Gasteiger charge is -2.38. The van der Waals surface area contributed by atoms with Gasteiger partial charge in [-0.15, -0.1) is 0 Å². The number of halogens is 1. The molecule has 2 unspecified atom stereocenters. The van der Waals surface area contributed by atoms with Gasteiger partial charge in [-0.05, 0) is 12.3 Å². The lowest BCUT2D eigenvalue weighted by molar-refractivity contribution is 0.0498. The predicted molar refractivity (Wildman–Crippen MR) is 74.2 cm³/mol. The number of nitrogens with zero attached hydrogens (tertiary/aromatic N) is 1. The average Bonchev–Trinajstić information content (AvgIpc) is 2.40. The van der Waals surface area contributed by atoms with Crippen LogP contribution in [0.3, 0.4) is 0 Å². The number of hydrogen-bond donors (Lipinski definition) is 1. The third-order valence-corrected chi connectivity index (χ3v) is 3.83. The molecule has 1 aromatic carbocycles. The normalized spacial score (nSPS) is 23.5. The quantitative estimate of drug-likeness (QED) is 0.854. The number of methoxy groups -OCH3 is 2. The van der Waals surface area contributed by atoms with Gasteiger partial charge in [-0.25, -0.2) is 4.39 Å². The second kappa shape index (κ2) is 5.65. The van der Waals surface area contributed by atoms with Crippen molar-refractivity contribution < 1.29 is 13.9 Å². The van der Waals surface area contributed by atoms with E-state index in [0.717, 1.165) is 25.2 Å². The van der Waals surface area contributed by atoms with Crippen molar-refractivity contribution in [1.29, 1.82) is 0 Å². The maximum absolute atomic E-state index is 13.6. The van der Waals surface area contributed by atoms with Gasteiger partial charge in [-0.1, -0.05) is 6.92 Å². The van der Waals surface area contributed by atoms with Crippen LogP contribution in [-0.4, -0.2) is 33.4 Å².